The summed E-state index contributed by atoms with van der Waals surface area (Å²) in [6.07, 6.45) is 1.30. The van der Waals surface area contributed by atoms with Gasteiger partial charge in [0.15, 0.2) is 5.82 Å². The zero-order chi connectivity index (χ0) is 20.6. The van der Waals surface area contributed by atoms with E-state index in [4.69, 9.17) is 16.1 Å². The van der Waals surface area contributed by atoms with E-state index in [0.717, 1.165) is 11.1 Å². The van der Waals surface area contributed by atoms with Crippen molar-refractivity contribution in [2.45, 2.75) is 37.5 Å². The Morgan fingerprint density at radius 3 is 2.41 bits per heavy atom. The number of rotatable bonds is 4. The molecular weight excluding hydrogens is 410 g/mol. The minimum absolute atomic E-state index is 0.0794. The Balaban J connectivity index is 1.46. The molecule has 1 aliphatic rings. The van der Waals surface area contributed by atoms with Crippen molar-refractivity contribution in [1.29, 1.82) is 0 Å². The van der Waals surface area contributed by atoms with E-state index in [2.05, 4.69) is 10.1 Å². The smallest absolute Gasteiger partial charge is 0.257 e. The third-order valence-electron chi connectivity index (χ3n) is 5.31. The second-order valence-corrected chi connectivity index (χ2v) is 9.75. The molecule has 2 heterocycles. The molecule has 1 aromatic heterocycles. The second kappa shape index (κ2) is 7.89. The number of hydrogen-bond acceptors (Lipinski definition) is 5. The van der Waals surface area contributed by atoms with Crippen LogP contribution in [0.3, 0.4) is 0 Å². The van der Waals surface area contributed by atoms with E-state index in [1.807, 2.05) is 31.2 Å². The molecule has 0 N–H and O–H groups in total. The number of benzene rings is 2. The third kappa shape index (κ3) is 4.08. The fraction of sp³-hybridized carbons (Fsp3) is 0.333. The number of aryl methyl sites for hydroxylation is 2. The van der Waals surface area contributed by atoms with Crippen LogP contribution in [0.4, 0.5) is 0 Å². The molecule has 1 saturated heterocycles. The highest BCUT2D eigenvalue weighted by molar-refractivity contribution is 7.89. The van der Waals surface area contributed by atoms with E-state index in [-0.39, 0.29) is 5.92 Å². The molecule has 8 heteroatoms. The Bertz CT molecular complexity index is 1120. The molecule has 0 bridgehead atoms. The molecule has 0 radical (unpaired) electrons. The van der Waals surface area contributed by atoms with Gasteiger partial charge in [0.25, 0.3) is 5.89 Å². The fourth-order valence-corrected chi connectivity index (χ4v) is 5.51. The zero-order valence-electron chi connectivity index (χ0n) is 16.3. The molecule has 0 saturated carbocycles. The largest absolute Gasteiger partial charge is 0.334 e. The Morgan fingerprint density at radius 2 is 1.76 bits per heavy atom. The summed E-state index contributed by atoms with van der Waals surface area (Å²) in [6.45, 7) is 4.63. The average molecular weight is 432 g/mol. The maximum Gasteiger partial charge on any atom is 0.257 e. The van der Waals surface area contributed by atoms with Gasteiger partial charge in [-0.1, -0.05) is 34.5 Å². The van der Waals surface area contributed by atoms with Gasteiger partial charge in [0, 0.05) is 29.6 Å². The van der Waals surface area contributed by atoms with Crippen LogP contribution in [0.15, 0.2) is 51.9 Å². The maximum atomic E-state index is 13.0. The molecule has 29 heavy (non-hydrogen) atoms. The molecule has 0 aliphatic carbocycles. The lowest BCUT2D eigenvalue weighted by molar-refractivity contribution is 0.307. The molecule has 0 unspecified atom stereocenters. The number of sulfonamides is 1. The summed E-state index contributed by atoms with van der Waals surface area (Å²) in [5.74, 6) is 1.21. The van der Waals surface area contributed by atoms with E-state index < -0.39 is 10.0 Å². The lowest BCUT2D eigenvalue weighted by Crippen LogP contribution is -2.38. The summed E-state index contributed by atoms with van der Waals surface area (Å²) in [4.78, 5) is 4.85. The van der Waals surface area contributed by atoms with Crippen molar-refractivity contribution in [1.82, 2.24) is 14.4 Å². The number of piperidine rings is 1. The first kappa shape index (κ1) is 20.1. The van der Waals surface area contributed by atoms with Gasteiger partial charge >= 0.3 is 0 Å². The molecule has 3 aromatic rings. The van der Waals surface area contributed by atoms with Crippen molar-refractivity contribution in [2.75, 3.05) is 13.1 Å². The standard InChI is InChI=1S/C21H22ClN3O3S/c1-14-3-5-17(6-4-14)21-23-20(24-28-21)16-9-11-25(12-10-16)29(26,27)19-8-7-18(22)13-15(19)2/h3-8,13,16H,9-12H2,1-2H3. The zero-order valence-corrected chi connectivity index (χ0v) is 17.9. The van der Waals surface area contributed by atoms with Crippen LogP contribution in [-0.2, 0) is 10.0 Å². The highest BCUT2D eigenvalue weighted by atomic mass is 35.5. The summed E-state index contributed by atoms with van der Waals surface area (Å²) in [5.41, 5.74) is 2.70. The van der Waals surface area contributed by atoms with Gasteiger partial charge in [0.1, 0.15) is 0 Å². The number of nitrogens with zero attached hydrogens (tertiary/aromatic N) is 3. The number of halogens is 1. The van der Waals surface area contributed by atoms with Gasteiger partial charge in [-0.3, -0.25) is 0 Å². The minimum atomic E-state index is -3.55. The molecule has 0 amide bonds. The van der Waals surface area contributed by atoms with Crippen molar-refractivity contribution in [3.8, 4) is 11.5 Å². The Morgan fingerprint density at radius 1 is 1.07 bits per heavy atom. The average Bonchev–Trinajstić information content (AvgIpc) is 3.18. The highest BCUT2D eigenvalue weighted by Crippen LogP contribution is 2.31. The van der Waals surface area contributed by atoms with Crippen LogP contribution in [0.1, 0.15) is 35.7 Å². The first-order chi connectivity index (χ1) is 13.8. The Kier molecular flexibility index (Phi) is 5.46. The van der Waals surface area contributed by atoms with Gasteiger partial charge in [-0.15, -0.1) is 0 Å². The van der Waals surface area contributed by atoms with Crippen LogP contribution in [0.25, 0.3) is 11.5 Å². The lowest BCUT2D eigenvalue weighted by atomic mass is 9.97. The van der Waals surface area contributed by atoms with Crippen LogP contribution < -0.4 is 0 Å². The SMILES string of the molecule is Cc1ccc(-c2nc(C3CCN(S(=O)(=O)c4ccc(Cl)cc4C)CC3)no2)cc1. The molecule has 0 spiro atoms. The third-order valence-corrected chi connectivity index (χ3v) is 7.61. The molecule has 4 rings (SSSR count). The van der Waals surface area contributed by atoms with Gasteiger partial charge < -0.3 is 4.52 Å². The molecule has 6 nitrogen and oxygen atoms in total. The van der Waals surface area contributed by atoms with Crippen molar-refractivity contribution in [3.63, 3.8) is 0 Å². The quantitative estimate of drug-likeness (QED) is 0.604. The topological polar surface area (TPSA) is 76.3 Å². The second-order valence-electron chi connectivity index (χ2n) is 7.41. The predicted octanol–water partition coefficient (Wildman–Crippen LogP) is 4.58. The monoisotopic (exact) mass is 431 g/mol. The van der Waals surface area contributed by atoms with E-state index in [1.165, 1.54) is 4.31 Å². The first-order valence-corrected chi connectivity index (χ1v) is 11.3. The van der Waals surface area contributed by atoms with Crippen molar-refractivity contribution in [2.24, 2.45) is 0 Å². The number of hydrogen-bond donors (Lipinski definition) is 0. The normalized spacial score (nSPS) is 16.2. The van der Waals surface area contributed by atoms with E-state index in [9.17, 15) is 8.42 Å². The van der Waals surface area contributed by atoms with E-state index >= 15 is 0 Å². The highest BCUT2D eigenvalue weighted by Gasteiger charge is 2.32. The summed E-state index contributed by atoms with van der Waals surface area (Å²) in [6, 6.07) is 12.8. The van der Waals surface area contributed by atoms with Crippen LogP contribution in [0, 0.1) is 13.8 Å². The van der Waals surface area contributed by atoms with Gasteiger partial charge in [-0.25, -0.2) is 8.42 Å². The summed E-state index contributed by atoms with van der Waals surface area (Å²) in [7, 11) is -3.55. The first-order valence-electron chi connectivity index (χ1n) is 9.51. The molecule has 1 aliphatic heterocycles. The van der Waals surface area contributed by atoms with E-state index in [0.29, 0.717) is 53.1 Å². The van der Waals surface area contributed by atoms with E-state index in [1.54, 1.807) is 25.1 Å². The molecule has 152 valence electrons. The van der Waals surface area contributed by atoms with Crippen molar-refractivity contribution in [3.05, 3.63) is 64.4 Å². The van der Waals surface area contributed by atoms with Gasteiger partial charge in [-0.05, 0) is 62.6 Å². The van der Waals surface area contributed by atoms with Crippen LogP contribution >= 0.6 is 11.6 Å². The summed E-state index contributed by atoms with van der Waals surface area (Å²) in [5, 5.41) is 4.67. The summed E-state index contributed by atoms with van der Waals surface area (Å²) < 4.78 is 33.0. The lowest BCUT2D eigenvalue weighted by Gasteiger charge is -2.30. The fourth-order valence-electron chi connectivity index (χ4n) is 3.61. The molecule has 2 aromatic carbocycles. The predicted molar refractivity (Wildman–Crippen MR) is 111 cm³/mol. The molecule has 0 atom stereocenters. The molecule has 1 fully saturated rings. The van der Waals surface area contributed by atoms with Crippen LogP contribution in [0.5, 0.6) is 0 Å². The van der Waals surface area contributed by atoms with Gasteiger partial charge in [0.2, 0.25) is 10.0 Å². The van der Waals surface area contributed by atoms with Crippen molar-refractivity contribution < 1.29 is 12.9 Å². The summed E-state index contributed by atoms with van der Waals surface area (Å²) >= 11 is 5.96. The number of aromatic nitrogens is 2. The maximum absolute atomic E-state index is 13.0. The Labute approximate surface area is 175 Å². The van der Waals surface area contributed by atoms with Crippen LogP contribution in [0.2, 0.25) is 5.02 Å². The van der Waals surface area contributed by atoms with Crippen molar-refractivity contribution >= 4 is 21.6 Å². The minimum Gasteiger partial charge on any atom is -0.334 e. The van der Waals surface area contributed by atoms with Crippen LogP contribution in [-0.4, -0.2) is 36.0 Å². The molecular formula is C21H22ClN3O3S. The van der Waals surface area contributed by atoms with Gasteiger partial charge in [-0.2, -0.15) is 9.29 Å². The Hall–Kier alpha value is -2.22. The van der Waals surface area contributed by atoms with Gasteiger partial charge in [0.05, 0.1) is 4.90 Å².